The van der Waals surface area contributed by atoms with Gasteiger partial charge in [0.05, 0.1) is 5.52 Å². The zero-order valence-corrected chi connectivity index (χ0v) is 12.8. The highest BCUT2D eigenvalue weighted by atomic mass is 16.5. The molecule has 0 saturated heterocycles. The normalized spacial score (nSPS) is 10.7. The predicted molar refractivity (Wildman–Crippen MR) is 86.8 cm³/mol. The van der Waals surface area contributed by atoms with Crippen LogP contribution < -0.4 is 15.8 Å². The summed E-state index contributed by atoms with van der Waals surface area (Å²) in [4.78, 5) is 23.4. The highest BCUT2D eigenvalue weighted by molar-refractivity contribution is 5.93. The minimum Gasteiger partial charge on any atom is -0.484 e. The fraction of sp³-hybridized carbons (Fsp3) is 0.176. The van der Waals surface area contributed by atoms with E-state index in [0.29, 0.717) is 22.5 Å². The molecule has 0 fully saturated rings. The van der Waals surface area contributed by atoms with Crippen molar-refractivity contribution in [3.05, 3.63) is 58.6 Å². The van der Waals surface area contributed by atoms with E-state index < -0.39 is 5.76 Å². The number of nitrogens with one attached hydrogen (secondary N) is 1. The number of rotatable bonds is 4. The summed E-state index contributed by atoms with van der Waals surface area (Å²) in [7, 11) is 1.63. The SMILES string of the molecule is Cc1ccc(OCC(=O)Nc2ccc3c(c2)oc(=O)n3C)cc1. The number of hydrogen-bond donors (Lipinski definition) is 1. The smallest absolute Gasteiger partial charge is 0.419 e. The van der Waals surface area contributed by atoms with Crippen LogP contribution in [0, 0.1) is 6.92 Å². The molecule has 0 unspecified atom stereocenters. The number of ether oxygens (including phenoxy) is 1. The molecule has 0 saturated carbocycles. The number of aryl methyl sites for hydroxylation is 2. The van der Waals surface area contributed by atoms with E-state index in [4.69, 9.17) is 9.15 Å². The zero-order valence-electron chi connectivity index (χ0n) is 12.8. The van der Waals surface area contributed by atoms with Crippen molar-refractivity contribution in [2.24, 2.45) is 7.05 Å². The Labute approximate surface area is 132 Å². The van der Waals surface area contributed by atoms with Gasteiger partial charge in [-0.05, 0) is 31.2 Å². The van der Waals surface area contributed by atoms with Gasteiger partial charge in [-0.1, -0.05) is 17.7 Å². The third-order valence-electron chi connectivity index (χ3n) is 3.47. The van der Waals surface area contributed by atoms with E-state index in [1.54, 1.807) is 25.2 Å². The Kier molecular flexibility index (Phi) is 3.89. The van der Waals surface area contributed by atoms with Crippen molar-refractivity contribution in [3.63, 3.8) is 0 Å². The second-order valence-electron chi connectivity index (χ2n) is 5.26. The summed E-state index contributed by atoms with van der Waals surface area (Å²) >= 11 is 0. The molecule has 0 bridgehead atoms. The third-order valence-corrected chi connectivity index (χ3v) is 3.47. The molecule has 118 valence electrons. The van der Waals surface area contributed by atoms with Gasteiger partial charge in [0.15, 0.2) is 12.2 Å². The summed E-state index contributed by atoms with van der Waals surface area (Å²) in [6, 6.07) is 12.5. The lowest BCUT2D eigenvalue weighted by Gasteiger charge is -2.07. The minimum absolute atomic E-state index is 0.0974. The fourth-order valence-electron chi connectivity index (χ4n) is 2.19. The van der Waals surface area contributed by atoms with Crippen molar-refractivity contribution in [3.8, 4) is 5.75 Å². The lowest BCUT2D eigenvalue weighted by molar-refractivity contribution is -0.118. The van der Waals surface area contributed by atoms with E-state index in [1.807, 2.05) is 31.2 Å². The maximum absolute atomic E-state index is 11.9. The molecule has 23 heavy (non-hydrogen) atoms. The van der Waals surface area contributed by atoms with Crippen LogP contribution in [0.4, 0.5) is 5.69 Å². The number of anilines is 1. The van der Waals surface area contributed by atoms with E-state index in [-0.39, 0.29) is 12.5 Å². The Morgan fingerprint density at radius 2 is 1.96 bits per heavy atom. The van der Waals surface area contributed by atoms with E-state index in [9.17, 15) is 9.59 Å². The fourth-order valence-corrected chi connectivity index (χ4v) is 2.19. The Hall–Kier alpha value is -3.02. The highest BCUT2D eigenvalue weighted by Crippen LogP contribution is 2.18. The third kappa shape index (κ3) is 3.26. The van der Waals surface area contributed by atoms with Crippen LogP contribution in [0.1, 0.15) is 5.56 Å². The van der Waals surface area contributed by atoms with Crippen LogP contribution in [0.25, 0.3) is 11.1 Å². The van der Waals surface area contributed by atoms with Gasteiger partial charge < -0.3 is 14.5 Å². The molecule has 1 heterocycles. The Morgan fingerprint density at radius 3 is 2.70 bits per heavy atom. The maximum Gasteiger partial charge on any atom is 0.419 e. The zero-order chi connectivity index (χ0) is 16.4. The van der Waals surface area contributed by atoms with Gasteiger partial charge >= 0.3 is 5.76 Å². The first kappa shape index (κ1) is 14.9. The van der Waals surface area contributed by atoms with Crippen LogP contribution in [0.5, 0.6) is 5.75 Å². The summed E-state index contributed by atoms with van der Waals surface area (Å²) < 4.78 is 11.9. The molecule has 2 aromatic carbocycles. The molecule has 0 atom stereocenters. The molecule has 0 spiro atoms. The molecule has 3 aromatic rings. The first-order valence-corrected chi connectivity index (χ1v) is 7.12. The van der Waals surface area contributed by atoms with Crippen LogP contribution in [0.2, 0.25) is 0 Å². The van der Waals surface area contributed by atoms with E-state index in [1.165, 1.54) is 4.57 Å². The van der Waals surface area contributed by atoms with Gasteiger partial charge in [-0.25, -0.2) is 4.79 Å². The van der Waals surface area contributed by atoms with Crippen molar-refractivity contribution in [2.45, 2.75) is 6.92 Å². The van der Waals surface area contributed by atoms with E-state index >= 15 is 0 Å². The van der Waals surface area contributed by atoms with Crippen molar-refractivity contribution in [1.82, 2.24) is 4.57 Å². The molecular formula is C17H16N2O4. The Morgan fingerprint density at radius 1 is 1.22 bits per heavy atom. The molecule has 0 aliphatic carbocycles. The number of benzene rings is 2. The quantitative estimate of drug-likeness (QED) is 0.803. The van der Waals surface area contributed by atoms with Crippen molar-refractivity contribution in [2.75, 3.05) is 11.9 Å². The number of aromatic nitrogens is 1. The Bertz CT molecular complexity index is 906. The molecule has 0 aliphatic rings. The molecule has 6 nitrogen and oxygen atoms in total. The minimum atomic E-state index is -0.439. The van der Waals surface area contributed by atoms with Crippen molar-refractivity contribution >= 4 is 22.7 Å². The summed E-state index contributed by atoms with van der Waals surface area (Å²) in [5.41, 5.74) is 2.77. The lowest BCUT2D eigenvalue weighted by Crippen LogP contribution is -2.20. The first-order valence-electron chi connectivity index (χ1n) is 7.12. The van der Waals surface area contributed by atoms with Gasteiger partial charge in [0.1, 0.15) is 5.75 Å². The van der Waals surface area contributed by atoms with Gasteiger partial charge in [-0.15, -0.1) is 0 Å². The molecule has 6 heteroatoms. The second-order valence-corrected chi connectivity index (χ2v) is 5.26. The van der Waals surface area contributed by atoms with Gasteiger partial charge in [-0.3, -0.25) is 9.36 Å². The van der Waals surface area contributed by atoms with Crippen molar-refractivity contribution in [1.29, 1.82) is 0 Å². The monoisotopic (exact) mass is 312 g/mol. The topological polar surface area (TPSA) is 73.5 Å². The first-order chi connectivity index (χ1) is 11.0. The van der Waals surface area contributed by atoms with Crippen LogP contribution in [0.15, 0.2) is 51.7 Å². The molecular weight excluding hydrogens is 296 g/mol. The summed E-state index contributed by atoms with van der Waals surface area (Å²) in [5, 5.41) is 2.71. The number of carbonyl (C=O) groups is 1. The summed E-state index contributed by atoms with van der Waals surface area (Å²) in [5.74, 6) is -0.0929. The van der Waals surface area contributed by atoms with Crippen LogP contribution >= 0.6 is 0 Å². The number of fused-ring (bicyclic) bond motifs is 1. The average Bonchev–Trinajstić information content (AvgIpc) is 2.81. The van der Waals surface area contributed by atoms with E-state index in [0.717, 1.165) is 5.56 Å². The largest absolute Gasteiger partial charge is 0.484 e. The van der Waals surface area contributed by atoms with Crippen LogP contribution in [0.3, 0.4) is 0 Å². The number of oxazole rings is 1. The molecule has 1 amide bonds. The number of hydrogen-bond acceptors (Lipinski definition) is 4. The van der Waals surface area contributed by atoms with Gasteiger partial charge in [0.25, 0.3) is 5.91 Å². The highest BCUT2D eigenvalue weighted by Gasteiger charge is 2.09. The van der Waals surface area contributed by atoms with Gasteiger partial charge in [0.2, 0.25) is 0 Å². The maximum atomic E-state index is 11.9. The Balaban J connectivity index is 1.65. The standard InChI is InChI=1S/C17H16N2O4/c1-11-3-6-13(7-4-11)22-10-16(20)18-12-5-8-14-15(9-12)23-17(21)19(14)2/h3-9H,10H2,1-2H3,(H,18,20). The molecule has 0 radical (unpaired) electrons. The van der Waals surface area contributed by atoms with Crippen molar-refractivity contribution < 1.29 is 13.9 Å². The number of carbonyl (C=O) groups excluding carboxylic acids is 1. The molecule has 0 aliphatic heterocycles. The number of amides is 1. The molecule has 3 rings (SSSR count). The summed E-state index contributed by atoms with van der Waals surface area (Å²) in [6.07, 6.45) is 0. The summed E-state index contributed by atoms with van der Waals surface area (Å²) in [6.45, 7) is 1.88. The predicted octanol–water partition coefficient (Wildman–Crippen LogP) is 2.46. The lowest BCUT2D eigenvalue weighted by atomic mass is 10.2. The number of nitrogens with zero attached hydrogens (tertiary/aromatic N) is 1. The van der Waals surface area contributed by atoms with Gasteiger partial charge in [0, 0.05) is 18.8 Å². The van der Waals surface area contributed by atoms with E-state index in [2.05, 4.69) is 5.32 Å². The van der Waals surface area contributed by atoms with Crippen LogP contribution in [-0.4, -0.2) is 17.1 Å². The van der Waals surface area contributed by atoms with Crippen LogP contribution in [-0.2, 0) is 11.8 Å². The van der Waals surface area contributed by atoms with Gasteiger partial charge in [-0.2, -0.15) is 0 Å². The molecule has 1 aromatic heterocycles. The second kappa shape index (κ2) is 6.00. The molecule has 1 N–H and O–H groups in total. The average molecular weight is 312 g/mol.